The Kier molecular flexibility index (Phi) is 8.88. The second-order valence-corrected chi connectivity index (χ2v) is 27.4. The van der Waals surface area contributed by atoms with Crippen LogP contribution < -0.4 is 42.6 Å². The molecule has 6 heterocycles. The predicted molar refractivity (Wildman–Crippen MR) is 370 cm³/mol. The Balaban J connectivity index is 0.926. The van der Waals surface area contributed by atoms with Gasteiger partial charge >= 0.3 is 0 Å². The lowest BCUT2D eigenvalue weighted by Crippen LogP contribution is -2.61. The van der Waals surface area contributed by atoms with Crippen LogP contribution in [-0.4, -0.2) is 13.4 Å². The highest BCUT2D eigenvalue weighted by Gasteiger charge is 2.49. The molecule has 6 aliphatic heterocycles. The number of hydrogen-bond acceptors (Lipinski definition) is 2. The Hall–Kier alpha value is -9.89. The van der Waals surface area contributed by atoms with Gasteiger partial charge in [-0.1, -0.05) is 222 Å². The molecule has 4 heteroatoms. The molecule has 0 N–H and O–H groups in total. The molecule has 14 aromatic rings. The quantitative estimate of drug-likeness (QED) is 0.128. The first-order chi connectivity index (χ1) is 41.9. The molecule has 14 aromatic carbocycles. The summed E-state index contributed by atoms with van der Waals surface area (Å²) in [7, 11) is 0. The predicted octanol–water partition coefficient (Wildman–Crippen LogP) is 17.9. The van der Waals surface area contributed by atoms with Gasteiger partial charge in [0.1, 0.15) is 0 Å². The van der Waals surface area contributed by atoms with Crippen LogP contribution in [0.2, 0.25) is 0 Å². The topological polar surface area (TPSA) is 6.48 Å². The van der Waals surface area contributed by atoms with Crippen molar-refractivity contribution in [1.82, 2.24) is 0 Å². The lowest BCUT2D eigenvalue weighted by molar-refractivity contribution is 0.590. The van der Waals surface area contributed by atoms with Gasteiger partial charge in [-0.15, -0.1) is 0 Å². The molecular formula is C82H56B2N2. The van der Waals surface area contributed by atoms with Crippen LogP contribution in [0.15, 0.2) is 231 Å². The highest BCUT2D eigenvalue weighted by Crippen LogP contribution is 2.54. The van der Waals surface area contributed by atoms with Gasteiger partial charge in [0, 0.05) is 34.1 Å². The van der Waals surface area contributed by atoms with Crippen LogP contribution in [0.3, 0.4) is 0 Å². The van der Waals surface area contributed by atoms with Crippen LogP contribution >= 0.6 is 0 Å². The molecule has 0 unspecified atom stereocenters. The molecule has 0 amide bonds. The Labute approximate surface area is 501 Å². The van der Waals surface area contributed by atoms with E-state index in [2.05, 4.69) is 282 Å². The van der Waals surface area contributed by atoms with Crippen molar-refractivity contribution < 1.29 is 0 Å². The third kappa shape index (κ3) is 5.95. The van der Waals surface area contributed by atoms with Crippen LogP contribution in [0.1, 0.15) is 52.7 Å². The number of fused-ring (bicyclic) bond motifs is 7. The highest BCUT2D eigenvalue weighted by atomic mass is 15.2. The van der Waals surface area contributed by atoms with Crippen LogP contribution in [0.5, 0.6) is 0 Å². The number of nitrogens with zero attached hydrogens (tertiary/aromatic N) is 2. The molecule has 0 radical (unpaired) electrons. The van der Waals surface area contributed by atoms with E-state index in [0.29, 0.717) is 0 Å². The van der Waals surface area contributed by atoms with E-state index < -0.39 is 0 Å². The van der Waals surface area contributed by atoms with Crippen molar-refractivity contribution in [2.24, 2.45) is 0 Å². The zero-order valence-electron chi connectivity index (χ0n) is 49.0. The van der Waals surface area contributed by atoms with Crippen molar-refractivity contribution >= 4 is 134 Å². The van der Waals surface area contributed by atoms with Gasteiger partial charge in [0.05, 0.1) is 0 Å². The highest BCUT2D eigenvalue weighted by molar-refractivity contribution is 7.05. The molecule has 86 heavy (non-hydrogen) atoms. The van der Waals surface area contributed by atoms with Crippen molar-refractivity contribution in [3.8, 4) is 66.8 Å². The van der Waals surface area contributed by atoms with Crippen molar-refractivity contribution in [2.75, 3.05) is 9.80 Å². The fraction of sp³-hybridized carbons (Fsp3) is 0.0976. The summed E-state index contributed by atoms with van der Waals surface area (Å²) in [6, 6.07) is 89.6. The molecule has 0 aliphatic carbocycles. The molecular weight excluding hydrogens is 1030 g/mol. The van der Waals surface area contributed by atoms with Gasteiger partial charge < -0.3 is 9.80 Å². The third-order valence-corrected chi connectivity index (χ3v) is 20.9. The standard InChI is InChI=1S/C82H56B2N2/c1-81(2,3)52-41-62-56-21-13-19-49-27-35-66-77(71(49)56)83-75(62)64(43-52)60-39-51-40-61-65-44-53(82(4,5)6)42-63-57-22-14-20-50-28-36-67-78(72(50)57)84(76(63)65)80-69(86(67)55-31-25-48(26-32-55)46-17-11-8-12-18-46)38-34-59(74(61)80)70(51)58-33-37-68(79(83)73(58)60)85(66)54-29-23-47(24-30-54)45-15-9-7-10-16-45/h7-44H,1-6H3. The van der Waals surface area contributed by atoms with Crippen molar-refractivity contribution in [3.05, 3.63) is 242 Å². The minimum atomic E-state index is -0.0806. The molecule has 20 rings (SSSR count). The maximum Gasteiger partial charge on any atom is 0.249 e. The van der Waals surface area contributed by atoms with Gasteiger partial charge in [-0.2, -0.15) is 0 Å². The summed E-state index contributed by atoms with van der Waals surface area (Å²) in [6.07, 6.45) is 0. The van der Waals surface area contributed by atoms with Gasteiger partial charge in [-0.25, -0.2) is 0 Å². The van der Waals surface area contributed by atoms with E-state index in [1.54, 1.807) is 0 Å². The Bertz CT molecular complexity index is 5140. The molecule has 0 saturated carbocycles. The van der Waals surface area contributed by atoms with Gasteiger partial charge in [0.2, 0.25) is 13.4 Å². The number of rotatable bonds is 4. The SMILES string of the molecule is CC(C)(C)c1cc2c3c(c1)-c1cc4cc5c6c7c(ccc6c4c4ccc6c(c14)B3c1c(ccc3cccc-2c13)N6c1ccc(-c2ccccc2)cc1)N(c1ccc(-c2ccccc2)cc1)c1ccc2cccc3c2c1B7c1c-3cc(C(C)(C)C)cc1-5. The van der Waals surface area contributed by atoms with Crippen molar-refractivity contribution in [1.29, 1.82) is 0 Å². The lowest BCUT2D eigenvalue weighted by atomic mass is 9.29. The first-order valence-electron chi connectivity index (χ1n) is 30.9. The molecule has 0 bridgehead atoms. The molecule has 0 aromatic heterocycles. The fourth-order valence-electron chi connectivity index (χ4n) is 17.2. The van der Waals surface area contributed by atoms with Crippen LogP contribution in [0.4, 0.5) is 34.1 Å². The second kappa shape index (κ2) is 16.1. The maximum atomic E-state index is 2.64. The average Bonchev–Trinajstić information content (AvgIpc) is 0.770. The number of anilines is 6. The zero-order valence-corrected chi connectivity index (χ0v) is 49.0. The Morgan fingerprint density at radius 2 is 0.616 bits per heavy atom. The first kappa shape index (κ1) is 47.5. The van der Waals surface area contributed by atoms with E-state index in [0.717, 1.165) is 0 Å². The average molecular weight is 1090 g/mol. The summed E-state index contributed by atoms with van der Waals surface area (Å²) < 4.78 is 0. The molecule has 2 nitrogen and oxygen atoms in total. The summed E-state index contributed by atoms with van der Waals surface area (Å²) in [5, 5.41) is 13.5. The van der Waals surface area contributed by atoms with Crippen molar-refractivity contribution in [3.63, 3.8) is 0 Å². The largest absolute Gasteiger partial charge is 0.311 e. The monoisotopic (exact) mass is 1090 g/mol. The van der Waals surface area contributed by atoms with E-state index in [-0.39, 0.29) is 24.3 Å². The maximum absolute atomic E-state index is 2.64. The fourth-order valence-corrected chi connectivity index (χ4v) is 17.2. The Morgan fingerprint density at radius 3 is 1.01 bits per heavy atom. The summed E-state index contributed by atoms with van der Waals surface area (Å²) in [4.78, 5) is 5.22. The van der Waals surface area contributed by atoms with Crippen LogP contribution in [0.25, 0.3) is 121 Å². The zero-order chi connectivity index (χ0) is 57.0. The smallest absolute Gasteiger partial charge is 0.249 e. The summed E-state index contributed by atoms with van der Waals surface area (Å²) in [5.41, 5.74) is 34.4. The normalized spacial score (nSPS) is 14.1. The van der Waals surface area contributed by atoms with E-state index in [9.17, 15) is 0 Å². The van der Waals surface area contributed by atoms with Gasteiger partial charge in [-0.05, 0) is 225 Å². The first-order valence-corrected chi connectivity index (χ1v) is 30.9. The molecule has 6 aliphatic rings. The third-order valence-electron chi connectivity index (χ3n) is 20.9. The van der Waals surface area contributed by atoms with E-state index in [1.807, 2.05) is 0 Å². The second-order valence-electron chi connectivity index (χ2n) is 27.4. The molecule has 0 spiro atoms. The van der Waals surface area contributed by atoms with E-state index in [1.165, 1.54) is 199 Å². The van der Waals surface area contributed by atoms with Gasteiger partial charge in [-0.3, -0.25) is 0 Å². The lowest BCUT2D eigenvalue weighted by Gasteiger charge is -2.45. The molecule has 0 saturated heterocycles. The summed E-state index contributed by atoms with van der Waals surface area (Å²) >= 11 is 0. The van der Waals surface area contributed by atoms with E-state index in [4.69, 9.17) is 0 Å². The summed E-state index contributed by atoms with van der Waals surface area (Å²) in [6.45, 7) is 14.4. The number of hydrogen-bond donors (Lipinski definition) is 0. The molecule has 0 atom stereocenters. The minimum Gasteiger partial charge on any atom is -0.311 e. The van der Waals surface area contributed by atoms with Gasteiger partial charge in [0.25, 0.3) is 0 Å². The van der Waals surface area contributed by atoms with Crippen LogP contribution in [0, 0.1) is 0 Å². The Morgan fingerprint density at radius 1 is 0.256 bits per heavy atom. The minimum absolute atomic E-state index is 0.0486. The van der Waals surface area contributed by atoms with E-state index >= 15 is 0 Å². The summed E-state index contributed by atoms with van der Waals surface area (Å²) in [5.74, 6) is 0. The van der Waals surface area contributed by atoms with Crippen molar-refractivity contribution in [2.45, 2.75) is 52.4 Å². The number of benzene rings is 14. The van der Waals surface area contributed by atoms with Gasteiger partial charge in [0.15, 0.2) is 0 Å². The molecule has 400 valence electrons. The van der Waals surface area contributed by atoms with Crippen LogP contribution in [-0.2, 0) is 10.8 Å². The molecule has 0 fully saturated rings.